The molecule has 7 heteroatoms. The van der Waals surface area contributed by atoms with Crippen molar-refractivity contribution in [1.82, 2.24) is 10.2 Å². The van der Waals surface area contributed by atoms with Crippen molar-refractivity contribution in [1.29, 1.82) is 0 Å². The van der Waals surface area contributed by atoms with Crippen LogP contribution in [0, 0.1) is 0 Å². The fraction of sp³-hybridized carbons (Fsp3) is 0.409. The van der Waals surface area contributed by atoms with Crippen LogP contribution in [0.15, 0.2) is 47.5 Å². The van der Waals surface area contributed by atoms with E-state index < -0.39 is 0 Å². The van der Waals surface area contributed by atoms with Gasteiger partial charge in [0, 0.05) is 30.9 Å². The first-order chi connectivity index (χ1) is 14.0. The number of hydrogen-bond donors (Lipinski definition) is 2. The van der Waals surface area contributed by atoms with Crippen LogP contribution < -0.4 is 24.8 Å². The molecule has 1 unspecified atom stereocenters. The summed E-state index contributed by atoms with van der Waals surface area (Å²) in [5.74, 6) is 2.92. The molecule has 0 bridgehead atoms. The Hall–Kier alpha value is -2.93. The standard InChI is InChI=1S/C22H32N4O3/c1-7-29-21-14-16(12-13-20(21)28-6)25-22(23-2)24-15-18(26(3)4)17-10-8-9-11-19(17)27-5/h8-14,18H,7,15H2,1-6H3,(H2,23,24,25). The SMILES string of the molecule is CCOc1cc(NC(=NC)NCC(c2ccccc2OC)N(C)C)ccc1OC. The number of nitrogens with one attached hydrogen (secondary N) is 2. The van der Waals surface area contributed by atoms with E-state index in [9.17, 15) is 0 Å². The lowest BCUT2D eigenvalue weighted by Gasteiger charge is -2.27. The zero-order chi connectivity index (χ0) is 21.2. The Kier molecular flexibility index (Phi) is 8.61. The number of likely N-dealkylation sites (N-methyl/N-ethyl adjacent to an activating group) is 1. The number of hydrogen-bond acceptors (Lipinski definition) is 5. The number of methoxy groups -OCH3 is 2. The van der Waals surface area contributed by atoms with E-state index in [1.165, 1.54) is 0 Å². The lowest BCUT2D eigenvalue weighted by Crippen LogP contribution is -2.38. The smallest absolute Gasteiger partial charge is 0.195 e. The van der Waals surface area contributed by atoms with E-state index in [4.69, 9.17) is 14.2 Å². The lowest BCUT2D eigenvalue weighted by molar-refractivity contribution is 0.288. The van der Waals surface area contributed by atoms with Crippen molar-refractivity contribution in [2.24, 2.45) is 4.99 Å². The van der Waals surface area contributed by atoms with Gasteiger partial charge in [-0.3, -0.25) is 4.99 Å². The van der Waals surface area contributed by atoms with E-state index >= 15 is 0 Å². The number of rotatable bonds is 9. The Balaban J connectivity index is 2.12. The highest BCUT2D eigenvalue weighted by Crippen LogP contribution is 2.30. The summed E-state index contributed by atoms with van der Waals surface area (Å²) in [5.41, 5.74) is 1.98. The van der Waals surface area contributed by atoms with E-state index in [1.807, 2.05) is 57.4 Å². The van der Waals surface area contributed by atoms with Crippen LogP contribution in [-0.2, 0) is 0 Å². The fourth-order valence-electron chi connectivity index (χ4n) is 3.04. The zero-order valence-corrected chi connectivity index (χ0v) is 18.2. The minimum Gasteiger partial charge on any atom is -0.496 e. The average molecular weight is 401 g/mol. The third-order valence-corrected chi connectivity index (χ3v) is 4.53. The van der Waals surface area contributed by atoms with Crippen LogP contribution in [0.1, 0.15) is 18.5 Å². The van der Waals surface area contributed by atoms with E-state index in [0.29, 0.717) is 30.6 Å². The molecule has 0 fully saturated rings. The maximum Gasteiger partial charge on any atom is 0.195 e. The molecule has 29 heavy (non-hydrogen) atoms. The van der Waals surface area contributed by atoms with Gasteiger partial charge in [-0.1, -0.05) is 18.2 Å². The Morgan fingerprint density at radius 2 is 1.76 bits per heavy atom. The minimum absolute atomic E-state index is 0.111. The summed E-state index contributed by atoms with van der Waals surface area (Å²) < 4.78 is 16.5. The van der Waals surface area contributed by atoms with Crippen molar-refractivity contribution in [3.8, 4) is 17.2 Å². The van der Waals surface area contributed by atoms with Crippen molar-refractivity contribution in [3.63, 3.8) is 0 Å². The molecule has 0 aliphatic rings. The molecule has 1 atom stereocenters. The highest BCUT2D eigenvalue weighted by molar-refractivity contribution is 5.93. The predicted molar refractivity (Wildman–Crippen MR) is 119 cm³/mol. The van der Waals surface area contributed by atoms with Gasteiger partial charge in [0.2, 0.25) is 0 Å². The molecule has 0 spiro atoms. The summed E-state index contributed by atoms with van der Waals surface area (Å²) >= 11 is 0. The molecule has 0 aromatic heterocycles. The first kappa shape index (κ1) is 22.4. The summed E-state index contributed by atoms with van der Waals surface area (Å²) in [7, 11) is 9.17. The quantitative estimate of drug-likeness (QED) is 0.497. The molecule has 158 valence electrons. The second-order valence-corrected chi connectivity index (χ2v) is 6.60. The van der Waals surface area contributed by atoms with Crippen LogP contribution in [-0.4, -0.2) is 59.4 Å². The van der Waals surface area contributed by atoms with Crippen molar-refractivity contribution in [3.05, 3.63) is 48.0 Å². The molecular formula is C22H32N4O3. The molecule has 2 aromatic carbocycles. The Bertz CT molecular complexity index is 808. The van der Waals surface area contributed by atoms with Gasteiger partial charge in [-0.05, 0) is 39.2 Å². The van der Waals surface area contributed by atoms with E-state index in [2.05, 4.69) is 26.6 Å². The number of guanidine groups is 1. The fourth-order valence-corrected chi connectivity index (χ4v) is 3.04. The number of benzene rings is 2. The third kappa shape index (κ3) is 6.02. The monoisotopic (exact) mass is 400 g/mol. The van der Waals surface area contributed by atoms with Crippen molar-refractivity contribution < 1.29 is 14.2 Å². The maximum absolute atomic E-state index is 5.65. The average Bonchev–Trinajstić information content (AvgIpc) is 2.73. The molecule has 0 heterocycles. The Morgan fingerprint density at radius 3 is 2.38 bits per heavy atom. The molecule has 0 amide bonds. The largest absolute Gasteiger partial charge is 0.496 e. The van der Waals surface area contributed by atoms with Crippen molar-refractivity contribution in [2.75, 3.05) is 53.8 Å². The second kappa shape index (κ2) is 11.2. The molecular weight excluding hydrogens is 368 g/mol. The first-order valence-corrected chi connectivity index (χ1v) is 9.61. The van der Waals surface area contributed by atoms with Crippen LogP contribution in [0.5, 0.6) is 17.2 Å². The van der Waals surface area contributed by atoms with Gasteiger partial charge in [-0.25, -0.2) is 0 Å². The summed E-state index contributed by atoms with van der Waals surface area (Å²) in [6.07, 6.45) is 0. The van der Waals surface area contributed by atoms with Crippen LogP contribution in [0.3, 0.4) is 0 Å². The van der Waals surface area contributed by atoms with Gasteiger partial charge in [0.1, 0.15) is 5.75 Å². The molecule has 7 nitrogen and oxygen atoms in total. The number of aliphatic imine (C=N–C) groups is 1. The van der Waals surface area contributed by atoms with E-state index in [1.54, 1.807) is 21.3 Å². The third-order valence-electron chi connectivity index (χ3n) is 4.53. The topological polar surface area (TPSA) is 67.3 Å². The molecule has 0 radical (unpaired) electrons. The van der Waals surface area contributed by atoms with Gasteiger partial charge >= 0.3 is 0 Å². The maximum atomic E-state index is 5.65. The van der Waals surface area contributed by atoms with Crippen LogP contribution in [0.25, 0.3) is 0 Å². The summed E-state index contributed by atoms with van der Waals surface area (Å²) in [6.45, 7) is 3.16. The van der Waals surface area contributed by atoms with Crippen LogP contribution in [0.4, 0.5) is 5.69 Å². The minimum atomic E-state index is 0.111. The predicted octanol–water partition coefficient (Wildman–Crippen LogP) is 3.39. The summed E-state index contributed by atoms with van der Waals surface area (Å²) in [6, 6.07) is 13.9. The number of ether oxygens (including phenoxy) is 3. The zero-order valence-electron chi connectivity index (χ0n) is 18.2. The number of nitrogens with zero attached hydrogens (tertiary/aromatic N) is 2. The van der Waals surface area contributed by atoms with E-state index in [0.717, 1.165) is 17.0 Å². The van der Waals surface area contributed by atoms with Crippen LogP contribution in [0.2, 0.25) is 0 Å². The van der Waals surface area contributed by atoms with Gasteiger partial charge in [0.25, 0.3) is 0 Å². The lowest BCUT2D eigenvalue weighted by atomic mass is 10.0. The van der Waals surface area contributed by atoms with Crippen molar-refractivity contribution in [2.45, 2.75) is 13.0 Å². The van der Waals surface area contributed by atoms with Gasteiger partial charge < -0.3 is 29.7 Å². The summed E-state index contributed by atoms with van der Waals surface area (Å²) in [4.78, 5) is 6.49. The van der Waals surface area contributed by atoms with E-state index in [-0.39, 0.29) is 6.04 Å². The Morgan fingerprint density at radius 1 is 1.03 bits per heavy atom. The molecule has 0 aliphatic heterocycles. The van der Waals surface area contributed by atoms with Gasteiger partial charge in [-0.15, -0.1) is 0 Å². The normalized spacial score (nSPS) is 12.4. The van der Waals surface area contributed by atoms with Crippen molar-refractivity contribution >= 4 is 11.6 Å². The van der Waals surface area contributed by atoms with Crippen LogP contribution >= 0.6 is 0 Å². The Labute approximate surface area is 173 Å². The highest BCUT2D eigenvalue weighted by atomic mass is 16.5. The molecule has 2 rings (SSSR count). The molecule has 0 saturated heterocycles. The highest BCUT2D eigenvalue weighted by Gasteiger charge is 2.18. The van der Waals surface area contributed by atoms with Gasteiger partial charge in [0.05, 0.1) is 26.9 Å². The molecule has 2 N–H and O–H groups in total. The second-order valence-electron chi connectivity index (χ2n) is 6.60. The van der Waals surface area contributed by atoms with Gasteiger partial charge in [0.15, 0.2) is 17.5 Å². The van der Waals surface area contributed by atoms with Gasteiger partial charge in [-0.2, -0.15) is 0 Å². The molecule has 0 saturated carbocycles. The number of anilines is 1. The molecule has 0 aliphatic carbocycles. The molecule has 2 aromatic rings. The number of para-hydroxylation sites is 1. The summed E-state index contributed by atoms with van der Waals surface area (Å²) in [5, 5.41) is 6.71. The first-order valence-electron chi connectivity index (χ1n) is 9.61.